The van der Waals surface area contributed by atoms with Gasteiger partial charge in [-0.25, -0.2) is 12.8 Å². The van der Waals surface area contributed by atoms with Gasteiger partial charge in [-0.15, -0.1) is 21.5 Å². The maximum absolute atomic E-state index is 15.8. The molecule has 1 aliphatic rings. The van der Waals surface area contributed by atoms with Crippen molar-refractivity contribution in [2.75, 3.05) is 11.8 Å². The molecule has 0 bridgehead atoms. The van der Waals surface area contributed by atoms with Crippen LogP contribution in [0, 0.1) is 37.9 Å². The third-order valence-electron chi connectivity index (χ3n) is 11.2. The number of methoxy groups -OCH3 is 1. The maximum Gasteiger partial charge on any atom is 0.308 e. The second-order valence-electron chi connectivity index (χ2n) is 15.0. The summed E-state index contributed by atoms with van der Waals surface area (Å²) in [5.41, 5.74) is 7.24. The van der Waals surface area contributed by atoms with Crippen molar-refractivity contribution in [1.82, 2.24) is 25.1 Å². The predicted octanol–water partition coefficient (Wildman–Crippen LogP) is 8.72. The standard InChI is InChI=1S/C46H41FN8O5S2/c1-7-28-15-19-37(43-41(28)33(22-48)23-49-43)54-62(58,59)34-16-12-29(13-17-34)25(3)50-45(57)32-14-18-35(36(47)20-32)30-8-10-31(11-9-30)42-40-24(2)26(4)61-46(40)55-27(5)52-53-44(55)38(51-42)21-39(56)60-6/h8-20,23,25,38,49,54H,7,21H2,1-6H3,(H,50,57)/t25-,38+/m1/s1. The number of rotatable bonds is 11. The first-order valence-electron chi connectivity index (χ1n) is 19.8. The molecule has 0 fully saturated rings. The first-order chi connectivity index (χ1) is 29.7. The van der Waals surface area contributed by atoms with E-state index in [1.165, 1.54) is 25.3 Å². The largest absolute Gasteiger partial charge is 0.469 e. The number of carbonyl (C=O) groups is 2. The fourth-order valence-corrected chi connectivity index (χ4v) is 10.0. The van der Waals surface area contributed by atoms with Gasteiger partial charge in [0.05, 0.1) is 46.9 Å². The van der Waals surface area contributed by atoms with Crippen LogP contribution >= 0.6 is 11.3 Å². The summed E-state index contributed by atoms with van der Waals surface area (Å²) in [6.45, 7) is 9.65. The zero-order chi connectivity index (χ0) is 44.0. The lowest BCUT2D eigenvalue weighted by Crippen LogP contribution is -2.26. The van der Waals surface area contributed by atoms with Gasteiger partial charge in [-0.05, 0) is 86.7 Å². The summed E-state index contributed by atoms with van der Waals surface area (Å²) in [7, 11) is -2.67. The molecule has 4 aromatic carbocycles. The number of H-pyrrole nitrogens is 1. The molecule has 0 aliphatic carbocycles. The van der Waals surface area contributed by atoms with E-state index >= 15 is 4.39 Å². The molecule has 7 aromatic rings. The van der Waals surface area contributed by atoms with Crippen LogP contribution in [0.25, 0.3) is 27.0 Å². The van der Waals surface area contributed by atoms with Gasteiger partial charge < -0.3 is 15.0 Å². The number of aromatic nitrogens is 4. The number of fused-ring (bicyclic) bond motifs is 4. The molecule has 0 saturated carbocycles. The maximum atomic E-state index is 15.8. The van der Waals surface area contributed by atoms with Crippen LogP contribution in [0.5, 0.6) is 0 Å². The van der Waals surface area contributed by atoms with E-state index in [0.717, 1.165) is 32.1 Å². The van der Waals surface area contributed by atoms with E-state index in [0.29, 0.717) is 62.6 Å². The molecule has 2 atom stereocenters. The average molecular weight is 869 g/mol. The lowest BCUT2D eigenvalue weighted by Gasteiger charge is -2.16. The van der Waals surface area contributed by atoms with Crippen molar-refractivity contribution in [3.05, 3.63) is 146 Å². The van der Waals surface area contributed by atoms with E-state index in [9.17, 15) is 23.3 Å². The molecule has 0 saturated heterocycles. The van der Waals surface area contributed by atoms with Gasteiger partial charge in [-0.2, -0.15) is 5.26 Å². The van der Waals surface area contributed by atoms with Gasteiger partial charge in [0.15, 0.2) is 5.82 Å². The Kier molecular flexibility index (Phi) is 11.1. The second kappa shape index (κ2) is 16.5. The summed E-state index contributed by atoms with van der Waals surface area (Å²) < 4.78 is 52.2. The highest BCUT2D eigenvalue weighted by atomic mass is 32.2. The van der Waals surface area contributed by atoms with E-state index in [2.05, 4.69) is 31.3 Å². The van der Waals surface area contributed by atoms with Crippen LogP contribution in [-0.2, 0) is 26.0 Å². The summed E-state index contributed by atoms with van der Waals surface area (Å²) >= 11 is 1.60. The molecular formula is C46H41FN8O5S2. The lowest BCUT2D eigenvalue weighted by atomic mass is 9.96. The minimum absolute atomic E-state index is 0.0111. The Balaban J connectivity index is 0.977. The molecular weight excluding hydrogens is 828 g/mol. The number of thiophene rings is 1. The Morgan fingerprint density at radius 1 is 1.02 bits per heavy atom. The molecule has 1 aliphatic heterocycles. The van der Waals surface area contributed by atoms with Gasteiger partial charge in [0.1, 0.15) is 28.8 Å². The Bertz CT molecular complexity index is 3110. The van der Waals surface area contributed by atoms with Crippen LogP contribution in [0.3, 0.4) is 0 Å². The Labute approximate surface area is 361 Å². The van der Waals surface area contributed by atoms with Gasteiger partial charge in [0.25, 0.3) is 15.9 Å². The minimum Gasteiger partial charge on any atom is -0.469 e. The summed E-state index contributed by atoms with van der Waals surface area (Å²) in [6.07, 6.45) is 2.21. The number of halogens is 1. The quantitative estimate of drug-likeness (QED) is 0.108. The number of hydrogen-bond acceptors (Lipinski definition) is 10. The SMILES string of the molecule is CCc1ccc(NS(=O)(=O)c2ccc([C@@H](C)NC(=O)c3ccc(-c4ccc(C5=N[C@@H](CC(=O)OC)c6nnc(C)n6-c6sc(C)c(C)c65)cc4)c(F)c3)cc2)c2[nH]cc(C#N)c12. The van der Waals surface area contributed by atoms with Crippen molar-refractivity contribution in [2.45, 2.75) is 64.4 Å². The lowest BCUT2D eigenvalue weighted by molar-refractivity contribution is -0.141. The number of nitriles is 1. The number of benzene rings is 4. The first kappa shape index (κ1) is 41.8. The molecule has 8 rings (SSSR count). The highest BCUT2D eigenvalue weighted by molar-refractivity contribution is 7.92. The van der Waals surface area contributed by atoms with Crippen molar-refractivity contribution in [3.8, 4) is 22.2 Å². The molecule has 3 aromatic heterocycles. The van der Waals surface area contributed by atoms with Crippen LogP contribution in [0.15, 0.2) is 94.9 Å². The highest BCUT2D eigenvalue weighted by Gasteiger charge is 2.33. The van der Waals surface area contributed by atoms with E-state index < -0.39 is 39.8 Å². The van der Waals surface area contributed by atoms with Crippen molar-refractivity contribution < 1.29 is 27.1 Å². The molecule has 13 nitrogen and oxygen atoms in total. The van der Waals surface area contributed by atoms with Gasteiger partial charge in [-0.1, -0.05) is 55.5 Å². The minimum atomic E-state index is -4.01. The molecule has 4 heterocycles. The van der Waals surface area contributed by atoms with Crippen LogP contribution in [0.4, 0.5) is 10.1 Å². The molecule has 3 N–H and O–H groups in total. The van der Waals surface area contributed by atoms with E-state index in [1.54, 1.807) is 73.0 Å². The average Bonchev–Trinajstić information content (AvgIpc) is 3.94. The molecule has 0 unspecified atom stereocenters. The Hall–Kier alpha value is -6.96. The topological polar surface area (TPSA) is 184 Å². The summed E-state index contributed by atoms with van der Waals surface area (Å²) in [6, 6.07) is 22.2. The Morgan fingerprint density at radius 3 is 2.42 bits per heavy atom. The normalized spacial score (nSPS) is 14.0. The number of sulfonamides is 1. The first-order valence-corrected chi connectivity index (χ1v) is 22.1. The number of nitrogens with zero attached hydrogens (tertiary/aromatic N) is 5. The summed E-state index contributed by atoms with van der Waals surface area (Å²) in [4.78, 5) is 35.1. The number of esters is 1. The predicted molar refractivity (Wildman–Crippen MR) is 236 cm³/mol. The zero-order valence-corrected chi connectivity index (χ0v) is 36.3. The number of nitrogens with one attached hydrogen (secondary N) is 3. The van der Waals surface area contributed by atoms with Crippen molar-refractivity contribution >= 4 is 55.5 Å². The second-order valence-corrected chi connectivity index (χ2v) is 17.9. The van der Waals surface area contributed by atoms with Crippen LogP contribution in [0.2, 0.25) is 0 Å². The van der Waals surface area contributed by atoms with Crippen molar-refractivity contribution in [1.29, 1.82) is 5.26 Å². The number of aromatic amines is 1. The van der Waals surface area contributed by atoms with Gasteiger partial charge >= 0.3 is 5.97 Å². The van der Waals surface area contributed by atoms with E-state index in [-0.39, 0.29) is 16.9 Å². The Morgan fingerprint density at radius 2 is 1.74 bits per heavy atom. The number of hydrogen-bond donors (Lipinski definition) is 3. The van der Waals surface area contributed by atoms with E-state index in [4.69, 9.17) is 9.73 Å². The molecule has 16 heteroatoms. The van der Waals surface area contributed by atoms with Crippen LogP contribution in [-0.4, -0.2) is 52.9 Å². The van der Waals surface area contributed by atoms with Crippen LogP contribution < -0.4 is 10.0 Å². The third-order valence-corrected chi connectivity index (χ3v) is 13.8. The van der Waals surface area contributed by atoms with Crippen molar-refractivity contribution in [2.24, 2.45) is 4.99 Å². The third kappa shape index (κ3) is 7.54. The number of carbonyl (C=O) groups excluding carboxylic acids is 2. The molecule has 0 radical (unpaired) electrons. The fraction of sp³-hybridized carbons (Fsp3) is 0.217. The number of amides is 1. The monoisotopic (exact) mass is 868 g/mol. The summed E-state index contributed by atoms with van der Waals surface area (Å²) in [5, 5.41) is 22.7. The van der Waals surface area contributed by atoms with Crippen LogP contribution in [0.1, 0.15) is 92.6 Å². The van der Waals surface area contributed by atoms with E-state index in [1.807, 2.05) is 44.4 Å². The number of aryl methyl sites for hydroxylation is 3. The molecule has 314 valence electrons. The molecule has 62 heavy (non-hydrogen) atoms. The number of aliphatic imine (C=N–C) groups is 1. The number of anilines is 1. The zero-order valence-electron chi connectivity index (χ0n) is 34.6. The molecule has 0 spiro atoms. The fourth-order valence-electron chi connectivity index (χ4n) is 7.75. The summed E-state index contributed by atoms with van der Waals surface area (Å²) in [5.74, 6) is -0.302. The van der Waals surface area contributed by atoms with Gasteiger partial charge in [0, 0.05) is 38.7 Å². The van der Waals surface area contributed by atoms with Gasteiger partial charge in [-0.3, -0.25) is 23.9 Å². The van der Waals surface area contributed by atoms with Gasteiger partial charge in [0.2, 0.25) is 0 Å². The smallest absolute Gasteiger partial charge is 0.308 e. The highest BCUT2D eigenvalue weighted by Crippen LogP contribution is 2.40. The van der Waals surface area contributed by atoms with Crippen molar-refractivity contribution in [3.63, 3.8) is 0 Å². The molecule has 1 amide bonds. The number of ether oxygens (including phenoxy) is 1.